The molecule has 66 heavy (non-hydrogen) atoms. The van der Waals surface area contributed by atoms with Crippen LogP contribution < -0.4 is 30.7 Å². The molecule has 2 aromatic rings. The van der Waals surface area contributed by atoms with E-state index in [0.717, 1.165) is 49.9 Å². The molecule has 2 aromatic carbocycles. The number of urea groups is 4. The highest BCUT2D eigenvalue weighted by atomic mass is 19.4. The molecule has 4 atom stereocenters. The van der Waals surface area contributed by atoms with Crippen LogP contribution in [0.5, 0.6) is 11.5 Å². The van der Waals surface area contributed by atoms with E-state index in [4.69, 9.17) is 0 Å². The lowest BCUT2D eigenvalue weighted by atomic mass is 9.77. The van der Waals surface area contributed by atoms with Crippen molar-refractivity contribution in [3.8, 4) is 17.6 Å². The molecule has 2 saturated heterocycles. The minimum Gasteiger partial charge on any atom is -0.406 e. The number of carbonyl (C=O) groups is 4. The maximum absolute atomic E-state index is 14.3. The Morgan fingerprint density at radius 1 is 0.727 bits per heavy atom. The number of β-amino-alcohol motifs (C(OH)–C–C–N with tert-alkyl or cyclic N) is 1. The molecule has 16 nitrogen and oxygen atoms in total. The van der Waals surface area contributed by atoms with Crippen molar-refractivity contribution in [2.45, 2.75) is 114 Å². The predicted octanol–water partition coefficient (Wildman–Crippen LogP) is 6.29. The average molecular weight is 948 g/mol. The van der Waals surface area contributed by atoms with Crippen LogP contribution in [0.1, 0.15) is 69.9 Å². The van der Waals surface area contributed by atoms with E-state index in [1.165, 1.54) is 19.0 Å². The number of rotatable bonds is 11. The number of nitrogens with zero attached hydrogens (tertiary/aromatic N) is 5. The van der Waals surface area contributed by atoms with Crippen LogP contribution in [0.2, 0.25) is 0 Å². The molecule has 6 rings (SSSR count). The minimum absolute atomic E-state index is 0.00331. The highest BCUT2D eigenvalue weighted by Gasteiger charge is 2.47. The van der Waals surface area contributed by atoms with Crippen molar-refractivity contribution in [3.63, 3.8) is 0 Å². The molecule has 2 saturated carbocycles. The molecule has 0 spiro atoms. The largest absolute Gasteiger partial charge is 0.573 e. The van der Waals surface area contributed by atoms with Gasteiger partial charge in [0.2, 0.25) is 0 Å². The fourth-order valence-electron chi connectivity index (χ4n) is 8.39. The Labute approximate surface area is 375 Å². The lowest BCUT2D eigenvalue weighted by Gasteiger charge is -2.47. The molecule has 4 fully saturated rings. The number of carbonyl (C=O) groups excluding carboxylic acids is 4. The van der Waals surface area contributed by atoms with E-state index >= 15 is 0 Å². The summed E-state index contributed by atoms with van der Waals surface area (Å²) in [5.41, 5.74) is -1.70. The van der Waals surface area contributed by atoms with E-state index < -0.39 is 65.0 Å². The molecule has 4 aliphatic rings. The second-order valence-electron chi connectivity index (χ2n) is 17.4. The second-order valence-corrected chi connectivity index (χ2v) is 17.4. The first-order chi connectivity index (χ1) is 30.8. The van der Waals surface area contributed by atoms with Crippen molar-refractivity contribution in [2.75, 3.05) is 40.3 Å². The SMILES string of the molecule is CNC(=O)N1C[C@H](N(C(=O)NCc2ccc(OC(F)(F)F)cc2F)C2CC2)C[C@](C)(CC#N)C1.CNC(=O)N1C[C@H](N(C(=O)NCc2ccc(OC(F)(F)F)cc2F)C2CC2)C[C@](C)(O)C1. The number of ether oxygens (including phenoxy) is 2. The molecule has 0 aromatic heterocycles. The Kier molecular flexibility index (Phi) is 16.0. The van der Waals surface area contributed by atoms with Crippen LogP contribution in [0.15, 0.2) is 36.4 Å². The van der Waals surface area contributed by atoms with E-state index in [9.17, 15) is 64.7 Å². The number of nitrogens with one attached hydrogen (secondary N) is 4. The Hall–Kier alpha value is -5.99. The molecule has 2 heterocycles. The normalized spacial score (nSPS) is 23.0. The van der Waals surface area contributed by atoms with Gasteiger partial charge in [0.1, 0.15) is 23.1 Å². The number of benzene rings is 2. The Balaban J connectivity index is 0.000000248. The fourth-order valence-corrected chi connectivity index (χ4v) is 8.39. The van der Waals surface area contributed by atoms with Crippen LogP contribution in [-0.4, -0.2) is 132 Å². The molecule has 0 radical (unpaired) electrons. The summed E-state index contributed by atoms with van der Waals surface area (Å²) in [4.78, 5) is 56.7. The van der Waals surface area contributed by atoms with E-state index in [1.54, 1.807) is 21.6 Å². The van der Waals surface area contributed by atoms with Crippen molar-refractivity contribution in [1.29, 1.82) is 5.26 Å². The quantitative estimate of drug-likeness (QED) is 0.162. The fraction of sp³-hybridized carbons (Fsp3) is 0.595. The summed E-state index contributed by atoms with van der Waals surface area (Å²) < 4.78 is 110. The van der Waals surface area contributed by atoms with Gasteiger partial charge in [-0.1, -0.05) is 19.1 Å². The summed E-state index contributed by atoms with van der Waals surface area (Å²) in [6, 6.07) is 5.05. The number of nitriles is 1. The summed E-state index contributed by atoms with van der Waals surface area (Å²) in [7, 11) is 2.99. The smallest absolute Gasteiger partial charge is 0.406 e. The minimum atomic E-state index is -4.93. The molecule has 5 N–H and O–H groups in total. The van der Waals surface area contributed by atoms with Crippen molar-refractivity contribution >= 4 is 24.1 Å². The monoisotopic (exact) mass is 947 g/mol. The molecule has 8 amide bonds. The number of halogens is 8. The third kappa shape index (κ3) is 14.5. The number of amides is 8. The Morgan fingerprint density at radius 3 is 1.50 bits per heavy atom. The number of hydrogen-bond acceptors (Lipinski definition) is 8. The van der Waals surface area contributed by atoms with Gasteiger partial charge < -0.3 is 55.4 Å². The van der Waals surface area contributed by atoms with Crippen LogP contribution in [-0.2, 0) is 13.1 Å². The third-order valence-electron chi connectivity index (χ3n) is 11.4. The predicted molar refractivity (Wildman–Crippen MR) is 218 cm³/mol. The summed E-state index contributed by atoms with van der Waals surface area (Å²) in [6.45, 7) is 4.05. The highest BCUT2D eigenvalue weighted by Crippen LogP contribution is 2.39. The van der Waals surface area contributed by atoms with Gasteiger partial charge in [0, 0.05) is 94.0 Å². The van der Waals surface area contributed by atoms with Gasteiger partial charge in [-0.15, -0.1) is 26.3 Å². The Morgan fingerprint density at radius 2 is 1.14 bits per heavy atom. The number of aliphatic hydroxyl groups is 1. The van der Waals surface area contributed by atoms with Crippen LogP contribution in [0, 0.1) is 28.4 Å². The van der Waals surface area contributed by atoms with Crippen molar-refractivity contribution in [3.05, 3.63) is 59.2 Å². The first-order valence-corrected chi connectivity index (χ1v) is 21.1. The topological polar surface area (TPSA) is 192 Å². The molecule has 0 bridgehead atoms. The maximum Gasteiger partial charge on any atom is 0.573 e. The standard InChI is InChI=1S/C22H27F4N5O3.C20H26F4N4O4/c1-21(7-8-27)10-16(12-30(13-21)19(32)28-2)31(15-4-5-15)20(33)29-11-14-3-6-17(9-18(14)23)34-22(24,25)26;1-19(31)8-14(10-27(11-19)17(29)25-2)28(13-4-5-13)18(30)26-9-12-3-6-15(7-16(12)21)32-20(22,23)24/h3,6,9,15-16H,4-5,7,10-13H2,1-2H3,(H,28,32)(H,29,33);3,6-7,13-14,31H,4-5,8-11H2,1-2H3,(H,25,29)(H,26,30)/t16-,21+;14-,19+/m11/s1. The molecule has 24 heteroatoms. The lowest BCUT2D eigenvalue weighted by molar-refractivity contribution is -0.275. The molecule has 2 aliphatic heterocycles. The summed E-state index contributed by atoms with van der Waals surface area (Å²) in [5.74, 6) is -3.27. The molecule has 364 valence electrons. The van der Waals surface area contributed by atoms with E-state index in [1.807, 2.05) is 6.92 Å². The zero-order valence-corrected chi connectivity index (χ0v) is 36.6. The van der Waals surface area contributed by atoms with E-state index in [0.29, 0.717) is 31.6 Å². The third-order valence-corrected chi connectivity index (χ3v) is 11.4. The first kappa shape index (κ1) is 51.0. The van der Waals surface area contributed by atoms with Gasteiger partial charge in [0.15, 0.2) is 0 Å². The van der Waals surface area contributed by atoms with E-state index in [-0.39, 0.29) is 80.3 Å². The number of piperidine rings is 2. The summed E-state index contributed by atoms with van der Waals surface area (Å²) in [5, 5.41) is 30.2. The van der Waals surface area contributed by atoms with Gasteiger partial charge in [-0.3, -0.25) is 0 Å². The molecule has 2 aliphatic carbocycles. The van der Waals surface area contributed by atoms with Gasteiger partial charge in [-0.2, -0.15) is 5.26 Å². The average Bonchev–Trinajstić information content (AvgIpc) is 4.15. The second kappa shape index (κ2) is 20.7. The van der Waals surface area contributed by atoms with Gasteiger partial charge >= 0.3 is 36.8 Å². The van der Waals surface area contributed by atoms with Crippen molar-refractivity contribution < 1.29 is 68.9 Å². The zero-order valence-electron chi connectivity index (χ0n) is 36.6. The maximum atomic E-state index is 14.3. The first-order valence-electron chi connectivity index (χ1n) is 21.1. The van der Waals surface area contributed by atoms with Crippen LogP contribution >= 0.6 is 0 Å². The number of likely N-dealkylation sites (tertiary alicyclic amines) is 2. The summed E-state index contributed by atoms with van der Waals surface area (Å²) in [6.07, 6.45) is -5.75. The summed E-state index contributed by atoms with van der Waals surface area (Å²) >= 11 is 0. The van der Waals surface area contributed by atoms with Crippen LogP contribution in [0.25, 0.3) is 0 Å². The van der Waals surface area contributed by atoms with E-state index in [2.05, 4.69) is 36.8 Å². The zero-order chi connectivity index (χ0) is 48.8. The van der Waals surface area contributed by atoms with Crippen LogP contribution in [0.4, 0.5) is 54.3 Å². The number of alkyl halides is 6. The molecular weight excluding hydrogens is 895 g/mol. The van der Waals surface area contributed by atoms with Crippen molar-refractivity contribution in [1.82, 2.24) is 40.9 Å². The van der Waals surface area contributed by atoms with Gasteiger partial charge in [0.05, 0.1) is 30.3 Å². The van der Waals surface area contributed by atoms with Gasteiger partial charge in [0.25, 0.3) is 0 Å². The van der Waals surface area contributed by atoms with Crippen LogP contribution in [0.3, 0.4) is 0 Å². The van der Waals surface area contributed by atoms with Gasteiger partial charge in [-0.05, 0) is 57.6 Å². The number of hydrogen-bond donors (Lipinski definition) is 5. The molecular formula is C42H53F8N9O7. The van der Waals surface area contributed by atoms with Gasteiger partial charge in [-0.25, -0.2) is 28.0 Å². The van der Waals surface area contributed by atoms with Crippen molar-refractivity contribution in [2.24, 2.45) is 5.41 Å². The highest BCUT2D eigenvalue weighted by molar-refractivity contribution is 5.77. The Bertz CT molecular complexity index is 2120. The lowest BCUT2D eigenvalue weighted by Crippen LogP contribution is -2.62. The molecule has 0 unspecified atom stereocenters.